The molecule has 220 valence electrons. The summed E-state index contributed by atoms with van der Waals surface area (Å²) >= 11 is 0. The number of hydrogen-bond donors (Lipinski definition) is 0. The smallest absolute Gasteiger partial charge is 0.192 e. The maximum Gasteiger partial charge on any atom is 0.416 e. The molecule has 0 aromatic heterocycles. The summed E-state index contributed by atoms with van der Waals surface area (Å²) in [6.07, 6.45) is -9.04. The summed E-state index contributed by atoms with van der Waals surface area (Å²) in [5, 5.41) is 39.8. The molecule has 2 aliphatic carbocycles. The average molecular weight is 617 g/mol. The van der Waals surface area contributed by atoms with E-state index in [0.29, 0.717) is 55.7 Å². The number of alkyl halides is 6. The van der Waals surface area contributed by atoms with Crippen LogP contribution in [0.15, 0.2) is 96.1 Å². The Kier molecular flexibility index (Phi) is 6.89. The van der Waals surface area contributed by atoms with Crippen molar-refractivity contribution >= 4 is 22.3 Å². The first-order valence-electron chi connectivity index (χ1n) is 13.4. The minimum absolute atomic E-state index is 0.234. The van der Waals surface area contributed by atoms with Crippen LogP contribution in [-0.4, -0.2) is 0 Å². The van der Waals surface area contributed by atoms with Crippen molar-refractivity contribution in [3.8, 4) is 46.5 Å². The quantitative estimate of drug-likeness (QED) is 0.166. The summed E-state index contributed by atoms with van der Waals surface area (Å²) in [6, 6.07) is 26.6. The predicted molar refractivity (Wildman–Crippen MR) is 157 cm³/mol. The molecule has 46 heavy (non-hydrogen) atoms. The van der Waals surface area contributed by atoms with Crippen LogP contribution in [0, 0.1) is 45.3 Å². The van der Waals surface area contributed by atoms with Gasteiger partial charge in [0.15, 0.2) is 0 Å². The maximum absolute atomic E-state index is 13.1. The first-order valence-corrected chi connectivity index (χ1v) is 13.4. The Morgan fingerprint density at radius 1 is 0.413 bits per heavy atom. The van der Waals surface area contributed by atoms with Crippen LogP contribution in [0.5, 0.6) is 0 Å². The largest absolute Gasteiger partial charge is 0.416 e. The number of nitriles is 4. The van der Waals surface area contributed by atoms with Crippen LogP contribution in [-0.2, 0) is 12.4 Å². The fourth-order valence-corrected chi connectivity index (χ4v) is 5.85. The van der Waals surface area contributed by atoms with Gasteiger partial charge in [-0.25, -0.2) is 0 Å². The summed E-state index contributed by atoms with van der Waals surface area (Å²) in [7, 11) is 0. The van der Waals surface area contributed by atoms with E-state index in [2.05, 4.69) is 0 Å². The second-order valence-corrected chi connectivity index (χ2v) is 10.4. The van der Waals surface area contributed by atoms with Crippen LogP contribution in [0.1, 0.15) is 33.4 Å². The zero-order chi connectivity index (χ0) is 33.0. The first-order chi connectivity index (χ1) is 21.9. The minimum atomic E-state index is -4.52. The summed E-state index contributed by atoms with van der Waals surface area (Å²) in [5.41, 5.74) is 2.89. The lowest BCUT2D eigenvalue weighted by molar-refractivity contribution is -0.138. The van der Waals surface area contributed by atoms with E-state index in [1.165, 1.54) is 24.3 Å². The molecular formula is C36H14F6N4. The molecule has 0 spiro atoms. The summed E-state index contributed by atoms with van der Waals surface area (Å²) < 4.78 is 78.9. The molecule has 0 saturated carbocycles. The normalized spacial score (nSPS) is 13.2. The Morgan fingerprint density at radius 2 is 0.717 bits per heavy atom. The third kappa shape index (κ3) is 4.70. The van der Waals surface area contributed by atoms with Crippen molar-refractivity contribution < 1.29 is 26.3 Å². The second kappa shape index (κ2) is 10.7. The average Bonchev–Trinajstić information content (AvgIpc) is 3.54. The van der Waals surface area contributed by atoms with E-state index in [9.17, 15) is 47.4 Å². The summed E-state index contributed by atoms with van der Waals surface area (Å²) in [4.78, 5) is 0. The summed E-state index contributed by atoms with van der Waals surface area (Å²) in [6.45, 7) is 0. The SMILES string of the molecule is N#CC(C#N)=C1C2=C(C(=C(C#N)C#N)c3cc(-c4ccc(C(F)(F)F)cc4)ccc32)c2ccc(-c3ccc(C(F)(F)F)cc3)cc21. The molecule has 0 amide bonds. The van der Waals surface area contributed by atoms with Gasteiger partial charge in [0.1, 0.15) is 35.4 Å². The van der Waals surface area contributed by atoms with Gasteiger partial charge in [-0.2, -0.15) is 47.4 Å². The van der Waals surface area contributed by atoms with E-state index in [-0.39, 0.29) is 22.3 Å². The molecular weight excluding hydrogens is 602 g/mol. The fraction of sp³-hybridized carbons (Fsp3) is 0.0556. The molecule has 4 aromatic rings. The molecule has 0 bridgehead atoms. The number of rotatable bonds is 2. The zero-order valence-electron chi connectivity index (χ0n) is 23.1. The van der Waals surface area contributed by atoms with E-state index in [1.807, 2.05) is 24.3 Å². The number of hydrogen-bond acceptors (Lipinski definition) is 4. The van der Waals surface area contributed by atoms with Crippen LogP contribution in [0.25, 0.3) is 44.5 Å². The number of allylic oxidation sites excluding steroid dienone is 6. The van der Waals surface area contributed by atoms with Crippen molar-refractivity contribution in [1.29, 1.82) is 21.0 Å². The highest BCUT2D eigenvalue weighted by Crippen LogP contribution is 2.59. The van der Waals surface area contributed by atoms with Gasteiger partial charge in [0, 0.05) is 22.3 Å². The third-order valence-electron chi connectivity index (χ3n) is 7.90. The molecule has 0 saturated heterocycles. The highest BCUT2D eigenvalue weighted by atomic mass is 19.4. The van der Waals surface area contributed by atoms with Crippen molar-refractivity contribution in [2.45, 2.75) is 12.4 Å². The maximum atomic E-state index is 13.1. The minimum Gasteiger partial charge on any atom is -0.192 e. The molecule has 0 heterocycles. The molecule has 0 N–H and O–H groups in total. The lowest BCUT2D eigenvalue weighted by atomic mass is 9.87. The second-order valence-electron chi connectivity index (χ2n) is 10.4. The summed E-state index contributed by atoms with van der Waals surface area (Å²) in [5.74, 6) is 0. The van der Waals surface area contributed by atoms with Gasteiger partial charge >= 0.3 is 12.4 Å². The van der Waals surface area contributed by atoms with E-state index >= 15 is 0 Å². The molecule has 4 aromatic carbocycles. The highest BCUT2D eigenvalue weighted by molar-refractivity contribution is 6.38. The lowest BCUT2D eigenvalue weighted by Gasteiger charge is -2.15. The van der Waals surface area contributed by atoms with Crippen molar-refractivity contribution in [3.05, 3.63) is 129 Å². The Hall–Kier alpha value is -6.36. The van der Waals surface area contributed by atoms with Crippen molar-refractivity contribution in [2.75, 3.05) is 0 Å². The van der Waals surface area contributed by atoms with Gasteiger partial charge in [0.2, 0.25) is 0 Å². The van der Waals surface area contributed by atoms with Gasteiger partial charge in [-0.1, -0.05) is 48.5 Å². The van der Waals surface area contributed by atoms with E-state index < -0.39 is 23.5 Å². The van der Waals surface area contributed by atoms with Gasteiger partial charge in [-0.05, 0) is 80.9 Å². The van der Waals surface area contributed by atoms with E-state index in [0.717, 1.165) is 24.3 Å². The van der Waals surface area contributed by atoms with Crippen LogP contribution in [0.2, 0.25) is 0 Å². The monoisotopic (exact) mass is 616 g/mol. The van der Waals surface area contributed by atoms with E-state index in [4.69, 9.17) is 0 Å². The highest BCUT2D eigenvalue weighted by Gasteiger charge is 2.40. The number of halogens is 6. The molecule has 4 nitrogen and oxygen atoms in total. The predicted octanol–water partition coefficient (Wildman–Crippen LogP) is 9.60. The molecule has 6 rings (SSSR count). The molecule has 10 heteroatoms. The topological polar surface area (TPSA) is 95.2 Å². The van der Waals surface area contributed by atoms with Gasteiger partial charge in [0.05, 0.1) is 11.1 Å². The molecule has 0 radical (unpaired) electrons. The van der Waals surface area contributed by atoms with Gasteiger partial charge in [-0.3, -0.25) is 0 Å². The number of nitrogens with zero attached hydrogens (tertiary/aromatic N) is 4. The van der Waals surface area contributed by atoms with Gasteiger partial charge < -0.3 is 0 Å². The standard InChI is InChI=1S/C36H14F6N4/c37-35(38,39)25-7-1-19(2-8-25)21-5-11-27-29(13-21)31(23(15-43)16-44)34-28-12-6-22(20-3-9-26(10-4-20)36(40,41)42)14-30(28)32(33(27)34)24(17-45)18-46/h1-14H. The first kappa shape index (κ1) is 29.7. The zero-order valence-corrected chi connectivity index (χ0v) is 23.1. The molecule has 0 unspecified atom stereocenters. The Bertz CT molecular complexity index is 2050. The van der Waals surface area contributed by atoms with Crippen molar-refractivity contribution in [2.24, 2.45) is 0 Å². The Balaban J connectivity index is 1.55. The fourth-order valence-electron chi connectivity index (χ4n) is 5.85. The molecule has 0 aliphatic heterocycles. The van der Waals surface area contributed by atoms with Crippen LogP contribution in [0.4, 0.5) is 26.3 Å². The van der Waals surface area contributed by atoms with Gasteiger partial charge in [0.25, 0.3) is 0 Å². The molecule has 0 atom stereocenters. The van der Waals surface area contributed by atoms with Gasteiger partial charge in [-0.15, -0.1) is 0 Å². The lowest BCUT2D eigenvalue weighted by Crippen LogP contribution is -2.04. The van der Waals surface area contributed by atoms with Crippen LogP contribution in [0.3, 0.4) is 0 Å². The Morgan fingerprint density at radius 3 is 1.00 bits per heavy atom. The number of benzene rings is 4. The van der Waals surface area contributed by atoms with Crippen molar-refractivity contribution in [1.82, 2.24) is 0 Å². The van der Waals surface area contributed by atoms with Crippen molar-refractivity contribution in [3.63, 3.8) is 0 Å². The molecule has 2 aliphatic rings. The molecule has 0 fully saturated rings. The van der Waals surface area contributed by atoms with Crippen LogP contribution < -0.4 is 0 Å². The number of fused-ring (bicyclic) bond motifs is 4. The van der Waals surface area contributed by atoms with E-state index in [1.54, 1.807) is 36.4 Å². The third-order valence-corrected chi connectivity index (χ3v) is 7.90. The Labute approximate surface area is 257 Å². The van der Waals surface area contributed by atoms with Crippen LogP contribution >= 0.6 is 0 Å².